The van der Waals surface area contributed by atoms with Crippen LogP contribution in [0.4, 0.5) is 8.78 Å². The molecular weight excluding hydrogens is 236 g/mol. The Labute approximate surface area is 104 Å². The van der Waals surface area contributed by atoms with E-state index in [1.807, 2.05) is 0 Å². The van der Waals surface area contributed by atoms with Gasteiger partial charge in [0.05, 0.1) is 11.9 Å². The molecule has 0 saturated heterocycles. The Kier molecular flexibility index (Phi) is 3.13. The normalized spacial score (nSPS) is 14.3. The van der Waals surface area contributed by atoms with Gasteiger partial charge in [0.25, 0.3) is 0 Å². The van der Waals surface area contributed by atoms with E-state index >= 15 is 0 Å². The molecule has 0 saturated carbocycles. The van der Waals surface area contributed by atoms with Gasteiger partial charge in [-0.1, -0.05) is 12.1 Å². The summed E-state index contributed by atoms with van der Waals surface area (Å²) in [6, 6.07) is 7.07. The van der Waals surface area contributed by atoms with Crippen LogP contribution in [0.3, 0.4) is 0 Å². The number of aryl methyl sites for hydroxylation is 1. The number of aliphatic hydroxyl groups is 1. The lowest BCUT2D eigenvalue weighted by Gasteiger charge is -2.23. The smallest absolute Gasteiger partial charge is 0.141 e. The monoisotopic (exact) mass is 249 g/mol. The third kappa shape index (κ3) is 2.24. The Morgan fingerprint density at radius 3 is 2.44 bits per heavy atom. The quantitative estimate of drug-likeness (QED) is 0.887. The molecule has 1 aromatic carbocycles. The maximum Gasteiger partial charge on any atom is 0.141 e. The highest BCUT2D eigenvalue weighted by molar-refractivity contribution is 5.33. The molecular formula is C14H13F2NO. The van der Waals surface area contributed by atoms with Crippen molar-refractivity contribution in [3.05, 3.63) is 65.0 Å². The summed E-state index contributed by atoms with van der Waals surface area (Å²) in [5.41, 5.74) is -0.305. The molecule has 2 nitrogen and oxygen atoms in total. The van der Waals surface area contributed by atoms with Gasteiger partial charge in [0.2, 0.25) is 0 Å². The molecule has 94 valence electrons. The molecule has 4 heteroatoms. The topological polar surface area (TPSA) is 33.1 Å². The van der Waals surface area contributed by atoms with Crippen LogP contribution in [-0.4, -0.2) is 10.1 Å². The molecule has 0 spiro atoms. The van der Waals surface area contributed by atoms with E-state index in [0.29, 0.717) is 11.1 Å². The number of rotatable bonds is 2. The van der Waals surface area contributed by atoms with Gasteiger partial charge in [0.1, 0.15) is 17.2 Å². The van der Waals surface area contributed by atoms with Crippen LogP contribution >= 0.6 is 0 Å². The maximum atomic E-state index is 13.5. The second-order valence-electron chi connectivity index (χ2n) is 4.40. The number of benzene rings is 1. The van der Waals surface area contributed by atoms with Crippen molar-refractivity contribution in [2.75, 3.05) is 0 Å². The fourth-order valence-corrected chi connectivity index (χ4v) is 1.71. The molecule has 1 unspecified atom stereocenters. The van der Waals surface area contributed by atoms with E-state index < -0.39 is 17.2 Å². The van der Waals surface area contributed by atoms with Crippen molar-refractivity contribution in [2.24, 2.45) is 0 Å². The van der Waals surface area contributed by atoms with Gasteiger partial charge in [0.15, 0.2) is 0 Å². The minimum atomic E-state index is -1.46. The van der Waals surface area contributed by atoms with Crippen LogP contribution < -0.4 is 0 Å². The fraction of sp³-hybridized carbons (Fsp3) is 0.214. The van der Waals surface area contributed by atoms with Crippen molar-refractivity contribution < 1.29 is 13.9 Å². The highest BCUT2D eigenvalue weighted by Gasteiger charge is 2.27. The largest absolute Gasteiger partial charge is 0.379 e. The summed E-state index contributed by atoms with van der Waals surface area (Å²) in [6.07, 6.45) is 1.02. The summed E-state index contributed by atoms with van der Waals surface area (Å²) in [6.45, 7) is 3.14. The number of nitrogens with zero attached hydrogens (tertiary/aromatic N) is 1. The molecule has 1 heterocycles. The lowest BCUT2D eigenvalue weighted by atomic mass is 9.91. The van der Waals surface area contributed by atoms with E-state index in [0.717, 1.165) is 6.20 Å². The van der Waals surface area contributed by atoms with Gasteiger partial charge >= 0.3 is 0 Å². The predicted molar refractivity (Wildman–Crippen MR) is 64.0 cm³/mol. The van der Waals surface area contributed by atoms with Crippen molar-refractivity contribution in [3.63, 3.8) is 0 Å². The van der Waals surface area contributed by atoms with E-state index in [4.69, 9.17) is 0 Å². The lowest BCUT2D eigenvalue weighted by Crippen LogP contribution is -2.24. The molecule has 0 radical (unpaired) electrons. The standard InChI is InChI=1S/C14H13F2NO/c1-9-3-4-10(7-12(9)16)14(2,18)13-6-5-11(15)8-17-13/h3-8,18H,1-2H3. The molecule has 18 heavy (non-hydrogen) atoms. The molecule has 2 aromatic rings. The second-order valence-corrected chi connectivity index (χ2v) is 4.40. The lowest BCUT2D eigenvalue weighted by molar-refractivity contribution is 0.0968. The van der Waals surface area contributed by atoms with Gasteiger partial charge in [0, 0.05) is 0 Å². The highest BCUT2D eigenvalue weighted by atomic mass is 19.1. The Morgan fingerprint density at radius 1 is 1.17 bits per heavy atom. The Morgan fingerprint density at radius 2 is 1.89 bits per heavy atom. The fourth-order valence-electron chi connectivity index (χ4n) is 1.71. The van der Waals surface area contributed by atoms with Gasteiger partial charge in [-0.3, -0.25) is 4.98 Å². The maximum absolute atomic E-state index is 13.5. The van der Waals surface area contributed by atoms with Crippen LogP contribution in [0.5, 0.6) is 0 Å². The van der Waals surface area contributed by atoms with Crippen LogP contribution in [0, 0.1) is 18.6 Å². The summed E-state index contributed by atoms with van der Waals surface area (Å²) in [5.74, 6) is -0.875. The van der Waals surface area contributed by atoms with Gasteiger partial charge in [-0.2, -0.15) is 0 Å². The molecule has 0 aliphatic carbocycles. The molecule has 0 fully saturated rings. The zero-order valence-electron chi connectivity index (χ0n) is 10.1. The average molecular weight is 249 g/mol. The summed E-state index contributed by atoms with van der Waals surface area (Å²) < 4.78 is 26.3. The Bertz CT molecular complexity index is 565. The van der Waals surface area contributed by atoms with Crippen LogP contribution in [-0.2, 0) is 5.60 Å². The van der Waals surface area contributed by atoms with Gasteiger partial charge in [-0.25, -0.2) is 8.78 Å². The first-order valence-corrected chi connectivity index (χ1v) is 5.52. The third-order valence-electron chi connectivity index (χ3n) is 2.96. The van der Waals surface area contributed by atoms with Crippen LogP contribution in [0.15, 0.2) is 36.5 Å². The number of hydrogen-bond donors (Lipinski definition) is 1. The van der Waals surface area contributed by atoms with E-state index in [-0.39, 0.29) is 5.69 Å². The third-order valence-corrected chi connectivity index (χ3v) is 2.96. The van der Waals surface area contributed by atoms with Crippen LogP contribution in [0.25, 0.3) is 0 Å². The second kappa shape index (κ2) is 4.46. The van der Waals surface area contributed by atoms with Gasteiger partial charge < -0.3 is 5.11 Å². The summed E-state index contributed by atoms with van der Waals surface area (Å²) in [5, 5.41) is 10.4. The minimum Gasteiger partial charge on any atom is -0.379 e. The minimum absolute atomic E-state index is 0.271. The van der Waals surface area contributed by atoms with Crippen molar-refractivity contribution in [1.82, 2.24) is 4.98 Å². The molecule has 0 aliphatic heterocycles. The SMILES string of the molecule is Cc1ccc(C(C)(O)c2ccc(F)cn2)cc1F. The zero-order valence-corrected chi connectivity index (χ0v) is 10.1. The zero-order chi connectivity index (χ0) is 13.3. The number of aromatic nitrogens is 1. The average Bonchev–Trinajstić information content (AvgIpc) is 2.33. The first-order chi connectivity index (χ1) is 8.41. The van der Waals surface area contributed by atoms with E-state index in [9.17, 15) is 13.9 Å². The number of hydrogen-bond acceptors (Lipinski definition) is 2. The first kappa shape index (κ1) is 12.6. The van der Waals surface area contributed by atoms with Crippen molar-refractivity contribution in [3.8, 4) is 0 Å². The highest BCUT2D eigenvalue weighted by Crippen LogP contribution is 2.28. The predicted octanol–water partition coefficient (Wildman–Crippen LogP) is 2.92. The molecule has 0 amide bonds. The summed E-state index contributed by atoms with van der Waals surface area (Å²) >= 11 is 0. The number of pyridine rings is 1. The Balaban J connectivity index is 2.46. The molecule has 1 atom stereocenters. The Hall–Kier alpha value is -1.81. The summed E-state index contributed by atoms with van der Waals surface area (Å²) in [7, 11) is 0. The molecule has 0 aliphatic rings. The summed E-state index contributed by atoms with van der Waals surface area (Å²) in [4.78, 5) is 3.83. The van der Waals surface area contributed by atoms with E-state index in [1.54, 1.807) is 19.1 Å². The van der Waals surface area contributed by atoms with E-state index in [1.165, 1.54) is 25.1 Å². The van der Waals surface area contributed by atoms with Gasteiger partial charge in [-0.05, 0) is 43.2 Å². The first-order valence-electron chi connectivity index (χ1n) is 5.52. The van der Waals surface area contributed by atoms with Crippen molar-refractivity contribution in [1.29, 1.82) is 0 Å². The molecule has 1 aromatic heterocycles. The van der Waals surface area contributed by atoms with E-state index in [2.05, 4.69) is 4.98 Å². The van der Waals surface area contributed by atoms with Crippen molar-refractivity contribution in [2.45, 2.75) is 19.4 Å². The van der Waals surface area contributed by atoms with Gasteiger partial charge in [-0.15, -0.1) is 0 Å². The number of halogens is 2. The molecule has 1 N–H and O–H groups in total. The van der Waals surface area contributed by atoms with Crippen molar-refractivity contribution >= 4 is 0 Å². The van der Waals surface area contributed by atoms with Crippen LogP contribution in [0.2, 0.25) is 0 Å². The molecule has 2 rings (SSSR count). The van der Waals surface area contributed by atoms with Crippen LogP contribution in [0.1, 0.15) is 23.7 Å². The molecule has 0 bridgehead atoms.